The van der Waals surface area contributed by atoms with Crippen molar-refractivity contribution in [2.75, 3.05) is 0 Å². The van der Waals surface area contributed by atoms with E-state index >= 15 is 0 Å². The van der Waals surface area contributed by atoms with Crippen LogP contribution in [-0.2, 0) is 4.79 Å². The molecule has 4 fully saturated rings. The minimum Gasteiger partial charge on any atom is -0.481 e. The molecule has 4 aliphatic rings. The van der Waals surface area contributed by atoms with Gasteiger partial charge in [0.1, 0.15) is 0 Å². The van der Waals surface area contributed by atoms with Crippen molar-refractivity contribution in [2.24, 2.45) is 22.7 Å². The molecule has 16 heavy (non-hydrogen) atoms. The fourth-order valence-electron chi connectivity index (χ4n) is 5.19. The molecule has 4 aliphatic carbocycles. The Morgan fingerprint density at radius 2 is 1.94 bits per heavy atom. The van der Waals surface area contributed by atoms with Crippen molar-refractivity contribution in [3.8, 4) is 0 Å². The molecule has 3 heteroatoms. The fraction of sp³-hybridized carbons (Fsp3) is 0.923. The standard InChI is InChI=1S/C13H20O3/c1-8-11(2)3-9-4-12(6-11,10(14)15)7-13(8,16)5-9/h8-9,16H,3-7H2,1-2H3,(H,14,15). The SMILES string of the molecule is CC1C2(C)CC3CC(C(=O)O)(C2)CC1(O)C3. The van der Waals surface area contributed by atoms with Crippen molar-refractivity contribution in [3.05, 3.63) is 0 Å². The van der Waals surface area contributed by atoms with Crippen LogP contribution in [-0.4, -0.2) is 21.8 Å². The molecule has 0 aliphatic heterocycles. The molecule has 2 N–H and O–H groups in total. The summed E-state index contributed by atoms with van der Waals surface area (Å²) in [6.07, 6.45) is 3.94. The van der Waals surface area contributed by atoms with Crippen LogP contribution >= 0.6 is 0 Å². The van der Waals surface area contributed by atoms with Gasteiger partial charge in [0.25, 0.3) is 0 Å². The van der Waals surface area contributed by atoms with Crippen LogP contribution in [0, 0.1) is 22.7 Å². The molecule has 0 saturated heterocycles. The topological polar surface area (TPSA) is 57.5 Å². The number of aliphatic carboxylic acids is 1. The quantitative estimate of drug-likeness (QED) is 0.716. The van der Waals surface area contributed by atoms with E-state index in [1.807, 2.05) is 0 Å². The molecular formula is C13H20O3. The van der Waals surface area contributed by atoms with Gasteiger partial charge in [0.05, 0.1) is 11.0 Å². The number of carboxylic acid groups (broad SMARTS) is 1. The summed E-state index contributed by atoms with van der Waals surface area (Å²) in [5, 5.41) is 20.2. The van der Waals surface area contributed by atoms with Gasteiger partial charge in [-0.1, -0.05) is 13.8 Å². The molecule has 0 radical (unpaired) electrons. The lowest BCUT2D eigenvalue weighted by Crippen LogP contribution is -2.66. The summed E-state index contributed by atoms with van der Waals surface area (Å²) in [7, 11) is 0. The van der Waals surface area contributed by atoms with Crippen LogP contribution in [0.4, 0.5) is 0 Å². The van der Waals surface area contributed by atoms with Crippen LogP contribution in [0.25, 0.3) is 0 Å². The molecule has 4 saturated carbocycles. The van der Waals surface area contributed by atoms with Gasteiger partial charge in [-0.25, -0.2) is 0 Å². The maximum Gasteiger partial charge on any atom is 0.309 e. The van der Waals surface area contributed by atoms with E-state index in [0.29, 0.717) is 12.3 Å². The van der Waals surface area contributed by atoms with E-state index in [9.17, 15) is 15.0 Å². The highest BCUT2D eigenvalue weighted by molar-refractivity contribution is 5.75. The first-order valence-electron chi connectivity index (χ1n) is 6.26. The lowest BCUT2D eigenvalue weighted by molar-refractivity contribution is -0.237. The van der Waals surface area contributed by atoms with Gasteiger partial charge in [0, 0.05) is 0 Å². The molecule has 0 aromatic carbocycles. The minimum atomic E-state index is -0.716. The molecular weight excluding hydrogens is 204 g/mol. The summed E-state index contributed by atoms with van der Waals surface area (Å²) in [6.45, 7) is 4.28. The third kappa shape index (κ3) is 1.05. The van der Waals surface area contributed by atoms with Crippen molar-refractivity contribution in [2.45, 2.75) is 51.6 Å². The van der Waals surface area contributed by atoms with E-state index in [2.05, 4.69) is 13.8 Å². The van der Waals surface area contributed by atoms with Gasteiger partial charge in [-0.05, 0) is 49.4 Å². The fourth-order valence-corrected chi connectivity index (χ4v) is 5.19. The van der Waals surface area contributed by atoms with Crippen LogP contribution in [0.15, 0.2) is 0 Å². The molecule has 0 amide bonds. The van der Waals surface area contributed by atoms with Gasteiger partial charge in [0.2, 0.25) is 0 Å². The highest BCUT2D eigenvalue weighted by atomic mass is 16.4. The van der Waals surface area contributed by atoms with Crippen molar-refractivity contribution in [3.63, 3.8) is 0 Å². The zero-order chi connectivity index (χ0) is 11.8. The monoisotopic (exact) mass is 224 g/mol. The van der Waals surface area contributed by atoms with Gasteiger partial charge in [0.15, 0.2) is 0 Å². The number of carbonyl (C=O) groups is 1. The molecule has 0 aromatic heterocycles. The Bertz CT molecular complexity index is 342. The Balaban J connectivity index is 2.09. The maximum absolute atomic E-state index is 11.5. The second-order valence-corrected chi connectivity index (χ2v) is 6.90. The van der Waals surface area contributed by atoms with Crippen LogP contribution in [0.3, 0.4) is 0 Å². The molecule has 5 unspecified atom stereocenters. The Labute approximate surface area is 95.9 Å². The molecule has 0 heterocycles. The third-order valence-corrected chi connectivity index (χ3v) is 5.77. The Kier molecular flexibility index (Phi) is 1.74. The first-order chi connectivity index (χ1) is 7.30. The first kappa shape index (κ1) is 10.6. The Hall–Kier alpha value is -0.570. The normalized spacial score (nSPS) is 58.9. The van der Waals surface area contributed by atoms with Crippen molar-refractivity contribution >= 4 is 5.97 Å². The molecule has 0 aromatic rings. The van der Waals surface area contributed by atoms with Gasteiger partial charge in [-0.2, -0.15) is 0 Å². The predicted octanol–water partition coefficient (Wildman–Crippen LogP) is 2.04. The summed E-state index contributed by atoms with van der Waals surface area (Å²) in [5.41, 5.74) is -1.31. The largest absolute Gasteiger partial charge is 0.481 e. The predicted molar refractivity (Wildman–Crippen MR) is 58.9 cm³/mol. The number of aliphatic hydroxyl groups is 1. The Morgan fingerprint density at radius 3 is 2.50 bits per heavy atom. The molecule has 0 spiro atoms. The van der Waals surface area contributed by atoms with Crippen molar-refractivity contribution < 1.29 is 15.0 Å². The lowest BCUT2D eigenvalue weighted by Gasteiger charge is -2.66. The lowest BCUT2D eigenvalue weighted by atomic mass is 9.40. The van der Waals surface area contributed by atoms with E-state index in [-0.39, 0.29) is 11.3 Å². The number of carboxylic acids is 1. The minimum absolute atomic E-state index is 0.0343. The van der Waals surface area contributed by atoms with E-state index in [1.54, 1.807) is 0 Å². The van der Waals surface area contributed by atoms with Crippen LogP contribution in [0.2, 0.25) is 0 Å². The van der Waals surface area contributed by atoms with E-state index in [1.165, 1.54) is 0 Å². The summed E-state index contributed by atoms with van der Waals surface area (Å²) >= 11 is 0. The smallest absolute Gasteiger partial charge is 0.309 e. The van der Waals surface area contributed by atoms with Gasteiger partial charge < -0.3 is 10.2 Å². The second-order valence-electron chi connectivity index (χ2n) is 6.90. The highest BCUT2D eigenvalue weighted by Crippen LogP contribution is 2.68. The van der Waals surface area contributed by atoms with Crippen molar-refractivity contribution in [1.29, 1.82) is 0 Å². The molecule has 5 atom stereocenters. The van der Waals surface area contributed by atoms with Crippen LogP contribution in [0.1, 0.15) is 46.0 Å². The van der Waals surface area contributed by atoms with Crippen molar-refractivity contribution in [1.82, 2.24) is 0 Å². The third-order valence-electron chi connectivity index (χ3n) is 5.77. The Morgan fingerprint density at radius 1 is 1.25 bits per heavy atom. The maximum atomic E-state index is 11.5. The average Bonchev–Trinajstić information content (AvgIpc) is 2.12. The summed E-state index contributed by atoms with van der Waals surface area (Å²) in [4.78, 5) is 11.5. The molecule has 4 rings (SSSR count). The highest BCUT2D eigenvalue weighted by Gasteiger charge is 2.67. The molecule has 4 bridgehead atoms. The molecule has 90 valence electrons. The zero-order valence-corrected chi connectivity index (χ0v) is 9.99. The number of hydrogen-bond donors (Lipinski definition) is 2. The van der Waals surface area contributed by atoms with Gasteiger partial charge in [-0.15, -0.1) is 0 Å². The number of rotatable bonds is 1. The summed E-state index contributed by atoms with van der Waals surface area (Å²) < 4.78 is 0. The molecule has 3 nitrogen and oxygen atoms in total. The zero-order valence-electron chi connectivity index (χ0n) is 9.99. The summed E-state index contributed by atoms with van der Waals surface area (Å²) in [5.74, 6) is -0.0257. The van der Waals surface area contributed by atoms with Crippen LogP contribution in [0.5, 0.6) is 0 Å². The van der Waals surface area contributed by atoms with Gasteiger partial charge >= 0.3 is 5.97 Å². The number of hydrogen-bond acceptors (Lipinski definition) is 2. The van der Waals surface area contributed by atoms with E-state index < -0.39 is 17.0 Å². The van der Waals surface area contributed by atoms with E-state index in [0.717, 1.165) is 25.7 Å². The average molecular weight is 224 g/mol. The van der Waals surface area contributed by atoms with E-state index in [4.69, 9.17) is 0 Å². The summed E-state index contributed by atoms with van der Waals surface area (Å²) in [6, 6.07) is 0. The first-order valence-corrected chi connectivity index (χ1v) is 6.26. The van der Waals surface area contributed by atoms with Crippen LogP contribution < -0.4 is 0 Å². The second kappa shape index (κ2) is 2.63. The van der Waals surface area contributed by atoms with Gasteiger partial charge in [-0.3, -0.25) is 4.79 Å².